The van der Waals surface area contributed by atoms with Gasteiger partial charge in [0.15, 0.2) is 0 Å². The number of aryl methyl sites for hydroxylation is 1. The molecule has 2 aliphatic heterocycles. The summed E-state index contributed by atoms with van der Waals surface area (Å²) >= 11 is 1.84. The maximum absolute atomic E-state index is 4.35. The van der Waals surface area contributed by atoms with E-state index in [1.165, 1.54) is 68.5 Å². The molecule has 21 heavy (non-hydrogen) atoms. The quantitative estimate of drug-likeness (QED) is 0.915. The Morgan fingerprint density at radius 2 is 1.86 bits per heavy atom. The number of piperazine rings is 1. The highest BCUT2D eigenvalue weighted by Gasteiger charge is 2.21. The van der Waals surface area contributed by atoms with Crippen LogP contribution >= 0.6 is 23.7 Å². The van der Waals surface area contributed by atoms with Crippen molar-refractivity contribution in [3.05, 3.63) is 16.1 Å². The molecule has 0 aliphatic carbocycles. The zero-order valence-corrected chi connectivity index (χ0v) is 14.5. The molecule has 6 heteroatoms. The van der Waals surface area contributed by atoms with Gasteiger partial charge in [-0.1, -0.05) is 0 Å². The molecule has 0 spiro atoms. The predicted molar refractivity (Wildman–Crippen MR) is 91.4 cm³/mol. The van der Waals surface area contributed by atoms with Crippen LogP contribution in [0.25, 0.3) is 0 Å². The van der Waals surface area contributed by atoms with Gasteiger partial charge < -0.3 is 10.2 Å². The number of nitrogens with zero attached hydrogens (tertiary/aromatic N) is 3. The van der Waals surface area contributed by atoms with Crippen molar-refractivity contribution in [1.82, 2.24) is 20.1 Å². The molecule has 0 atom stereocenters. The Balaban J connectivity index is 0.00000161. The first-order valence-corrected chi connectivity index (χ1v) is 8.68. The van der Waals surface area contributed by atoms with Crippen molar-refractivity contribution in [1.29, 1.82) is 0 Å². The third-order valence-electron chi connectivity index (χ3n) is 4.49. The lowest BCUT2D eigenvalue weighted by Crippen LogP contribution is -2.48. The molecular formula is C15H27ClN4S. The number of hydrogen-bond donors (Lipinski definition) is 1. The van der Waals surface area contributed by atoms with Gasteiger partial charge in [-0.05, 0) is 38.8 Å². The third kappa shape index (κ3) is 5.18. The lowest BCUT2D eigenvalue weighted by atomic mass is 9.97. The molecule has 0 aromatic carbocycles. The Labute approximate surface area is 138 Å². The fraction of sp³-hybridized carbons (Fsp3) is 0.800. The maximum atomic E-state index is 4.35. The molecule has 0 radical (unpaired) electrons. The number of hydrogen-bond acceptors (Lipinski definition) is 5. The van der Waals surface area contributed by atoms with Crippen molar-refractivity contribution in [2.75, 3.05) is 45.8 Å². The highest BCUT2D eigenvalue weighted by atomic mass is 35.5. The molecule has 0 saturated carbocycles. The minimum absolute atomic E-state index is 0. The first kappa shape index (κ1) is 17.2. The summed E-state index contributed by atoms with van der Waals surface area (Å²) in [6, 6.07) is 0. The van der Waals surface area contributed by atoms with E-state index in [-0.39, 0.29) is 12.4 Å². The average molecular weight is 331 g/mol. The van der Waals surface area contributed by atoms with Crippen LogP contribution in [-0.4, -0.2) is 60.6 Å². The van der Waals surface area contributed by atoms with E-state index >= 15 is 0 Å². The van der Waals surface area contributed by atoms with Gasteiger partial charge in [0.25, 0.3) is 0 Å². The van der Waals surface area contributed by atoms with E-state index in [0.717, 1.165) is 12.5 Å². The molecular weight excluding hydrogens is 304 g/mol. The fourth-order valence-corrected chi connectivity index (χ4v) is 4.10. The number of thiazole rings is 1. The second-order valence-corrected chi connectivity index (χ2v) is 7.44. The van der Waals surface area contributed by atoms with Crippen LogP contribution in [0.5, 0.6) is 0 Å². The zero-order chi connectivity index (χ0) is 13.8. The van der Waals surface area contributed by atoms with Crippen molar-refractivity contribution >= 4 is 23.7 Å². The molecule has 1 aromatic rings. The zero-order valence-electron chi connectivity index (χ0n) is 12.9. The Bertz CT molecular complexity index is 412. The average Bonchev–Trinajstić information content (AvgIpc) is 2.88. The molecule has 0 bridgehead atoms. The van der Waals surface area contributed by atoms with Crippen molar-refractivity contribution in [3.8, 4) is 0 Å². The summed E-state index contributed by atoms with van der Waals surface area (Å²) in [6.07, 6.45) is 4.77. The minimum Gasteiger partial charge on any atom is -0.317 e. The molecule has 0 unspecified atom stereocenters. The van der Waals surface area contributed by atoms with Gasteiger partial charge in [0, 0.05) is 50.3 Å². The molecule has 4 nitrogen and oxygen atoms in total. The van der Waals surface area contributed by atoms with E-state index in [1.807, 2.05) is 17.5 Å². The number of nitrogens with one attached hydrogen (secondary N) is 1. The molecule has 2 aliphatic rings. The van der Waals surface area contributed by atoms with Crippen molar-refractivity contribution in [2.24, 2.45) is 5.92 Å². The fourth-order valence-electron chi connectivity index (χ4n) is 3.26. The highest BCUT2D eigenvalue weighted by molar-refractivity contribution is 7.11. The summed E-state index contributed by atoms with van der Waals surface area (Å²) in [5.74, 6) is 0.923. The highest BCUT2D eigenvalue weighted by Crippen LogP contribution is 2.17. The van der Waals surface area contributed by atoms with Crippen molar-refractivity contribution in [3.63, 3.8) is 0 Å². The maximum Gasteiger partial charge on any atom is 0.0897 e. The number of aromatic nitrogens is 1. The SMILES string of the molecule is Cc1ncc(CN2CCN(CC3CCNCC3)CC2)s1.Cl. The second kappa shape index (κ2) is 8.44. The molecule has 2 fully saturated rings. The summed E-state index contributed by atoms with van der Waals surface area (Å²) in [4.78, 5) is 11.0. The lowest BCUT2D eigenvalue weighted by molar-refractivity contribution is 0.107. The first-order valence-electron chi connectivity index (χ1n) is 7.86. The summed E-state index contributed by atoms with van der Waals surface area (Å²) in [7, 11) is 0. The lowest BCUT2D eigenvalue weighted by Gasteiger charge is -2.37. The number of rotatable bonds is 4. The monoisotopic (exact) mass is 330 g/mol. The van der Waals surface area contributed by atoms with Gasteiger partial charge in [-0.2, -0.15) is 0 Å². The topological polar surface area (TPSA) is 31.4 Å². The van der Waals surface area contributed by atoms with Gasteiger partial charge >= 0.3 is 0 Å². The van der Waals surface area contributed by atoms with Crippen LogP contribution in [0.1, 0.15) is 22.7 Å². The van der Waals surface area contributed by atoms with Crippen LogP contribution in [0.4, 0.5) is 0 Å². The number of piperidine rings is 1. The van der Waals surface area contributed by atoms with E-state index in [4.69, 9.17) is 0 Å². The normalized spacial score (nSPS) is 22.1. The van der Waals surface area contributed by atoms with Crippen LogP contribution in [0, 0.1) is 12.8 Å². The largest absolute Gasteiger partial charge is 0.317 e. The number of halogens is 1. The Morgan fingerprint density at radius 3 is 2.48 bits per heavy atom. The molecule has 2 saturated heterocycles. The van der Waals surface area contributed by atoms with Crippen LogP contribution in [0.15, 0.2) is 6.20 Å². The molecule has 3 rings (SSSR count). The van der Waals surface area contributed by atoms with Gasteiger partial charge in [-0.25, -0.2) is 4.98 Å². The first-order chi connectivity index (χ1) is 9.79. The summed E-state index contributed by atoms with van der Waals surface area (Å²) in [5.41, 5.74) is 0. The van der Waals surface area contributed by atoms with Crippen LogP contribution in [0.2, 0.25) is 0 Å². The molecule has 120 valence electrons. The van der Waals surface area contributed by atoms with Gasteiger partial charge in [-0.15, -0.1) is 23.7 Å². The summed E-state index contributed by atoms with van der Waals surface area (Å²) in [5, 5.41) is 4.64. The standard InChI is InChI=1S/C15H26N4S.ClH/c1-13-17-10-15(20-13)12-19-8-6-18(7-9-19)11-14-2-4-16-5-3-14;/h10,14,16H,2-9,11-12H2,1H3;1H. The molecule has 1 aromatic heterocycles. The summed E-state index contributed by atoms with van der Waals surface area (Å²) in [6.45, 7) is 11.8. The minimum atomic E-state index is 0. The Morgan fingerprint density at radius 1 is 1.19 bits per heavy atom. The van der Waals surface area contributed by atoms with Crippen molar-refractivity contribution < 1.29 is 0 Å². The van der Waals surface area contributed by atoms with Crippen LogP contribution in [0.3, 0.4) is 0 Å². The van der Waals surface area contributed by atoms with E-state index in [0.29, 0.717) is 0 Å². The van der Waals surface area contributed by atoms with Gasteiger partial charge in [0.1, 0.15) is 0 Å². The van der Waals surface area contributed by atoms with Crippen molar-refractivity contribution in [2.45, 2.75) is 26.3 Å². The van der Waals surface area contributed by atoms with E-state index < -0.39 is 0 Å². The van der Waals surface area contributed by atoms with Crippen LogP contribution in [-0.2, 0) is 6.54 Å². The van der Waals surface area contributed by atoms with Gasteiger partial charge in [0.05, 0.1) is 5.01 Å². The predicted octanol–water partition coefficient (Wildman–Crippen LogP) is 1.99. The Hall–Kier alpha value is -0.200. The molecule has 3 heterocycles. The Kier molecular flexibility index (Phi) is 6.89. The van der Waals surface area contributed by atoms with E-state index in [2.05, 4.69) is 27.0 Å². The van der Waals surface area contributed by atoms with E-state index in [1.54, 1.807) is 0 Å². The van der Waals surface area contributed by atoms with Gasteiger partial charge in [-0.3, -0.25) is 4.90 Å². The second-order valence-electron chi connectivity index (χ2n) is 6.12. The summed E-state index contributed by atoms with van der Waals surface area (Å²) < 4.78 is 0. The van der Waals surface area contributed by atoms with Crippen LogP contribution < -0.4 is 5.32 Å². The molecule has 1 N–H and O–H groups in total. The molecule has 0 amide bonds. The van der Waals surface area contributed by atoms with E-state index in [9.17, 15) is 0 Å². The smallest absolute Gasteiger partial charge is 0.0897 e. The third-order valence-corrected chi connectivity index (χ3v) is 5.39. The van der Waals surface area contributed by atoms with Gasteiger partial charge in [0.2, 0.25) is 0 Å².